The highest BCUT2D eigenvalue weighted by molar-refractivity contribution is 7.10. The van der Waals surface area contributed by atoms with Crippen LogP contribution in [0.25, 0.3) is 0 Å². The van der Waals surface area contributed by atoms with Crippen molar-refractivity contribution in [2.24, 2.45) is 5.92 Å². The van der Waals surface area contributed by atoms with E-state index in [-0.39, 0.29) is 12.0 Å². The Kier molecular flexibility index (Phi) is 4.40. The number of aryl methyl sites for hydroxylation is 1. The number of nitrogens with zero attached hydrogens (tertiary/aromatic N) is 2. The molecule has 1 aliphatic heterocycles. The van der Waals surface area contributed by atoms with Crippen LogP contribution in [0.3, 0.4) is 0 Å². The van der Waals surface area contributed by atoms with Crippen molar-refractivity contribution in [2.75, 3.05) is 6.54 Å². The van der Waals surface area contributed by atoms with Crippen LogP contribution >= 0.6 is 11.3 Å². The third-order valence-corrected chi connectivity index (χ3v) is 6.62. The number of amides is 1. The Morgan fingerprint density at radius 2 is 2.04 bits per heavy atom. The SMILES string of the molecule is Cc1ccsc1C1CC1C(=O)N1CCCCCC1c1ccncc1. The van der Waals surface area contributed by atoms with Crippen molar-refractivity contribution in [3.63, 3.8) is 0 Å². The maximum atomic E-state index is 13.2. The molecule has 2 aromatic rings. The Bertz CT molecular complexity index is 711. The molecular weight excluding hydrogens is 316 g/mol. The van der Waals surface area contributed by atoms with Gasteiger partial charge in [-0.2, -0.15) is 0 Å². The number of likely N-dealkylation sites (tertiary alicyclic amines) is 1. The van der Waals surface area contributed by atoms with Gasteiger partial charge < -0.3 is 4.90 Å². The maximum Gasteiger partial charge on any atom is 0.226 e. The first-order chi connectivity index (χ1) is 11.8. The summed E-state index contributed by atoms with van der Waals surface area (Å²) in [5.74, 6) is 1.03. The van der Waals surface area contributed by atoms with Gasteiger partial charge in [-0.3, -0.25) is 9.78 Å². The molecule has 2 aliphatic rings. The molecule has 4 heteroatoms. The van der Waals surface area contributed by atoms with E-state index < -0.39 is 0 Å². The van der Waals surface area contributed by atoms with E-state index in [0.717, 1.165) is 25.8 Å². The Morgan fingerprint density at radius 1 is 1.21 bits per heavy atom. The molecule has 4 rings (SSSR count). The fourth-order valence-corrected chi connectivity index (χ4v) is 5.15. The highest BCUT2D eigenvalue weighted by Gasteiger charge is 2.48. The fraction of sp³-hybridized carbons (Fsp3) is 0.500. The summed E-state index contributed by atoms with van der Waals surface area (Å²) in [6.07, 6.45) is 9.35. The van der Waals surface area contributed by atoms with Crippen LogP contribution in [0.5, 0.6) is 0 Å². The average molecular weight is 340 g/mol. The molecule has 0 N–H and O–H groups in total. The molecule has 0 radical (unpaired) electrons. The number of pyridine rings is 1. The number of carbonyl (C=O) groups is 1. The van der Waals surface area contributed by atoms with E-state index in [1.54, 1.807) is 0 Å². The van der Waals surface area contributed by atoms with Gasteiger partial charge in [-0.15, -0.1) is 11.3 Å². The summed E-state index contributed by atoms with van der Waals surface area (Å²) < 4.78 is 0. The number of hydrogen-bond donors (Lipinski definition) is 0. The van der Waals surface area contributed by atoms with Crippen molar-refractivity contribution in [2.45, 2.75) is 51.0 Å². The average Bonchev–Trinajstić information content (AvgIpc) is 3.35. The summed E-state index contributed by atoms with van der Waals surface area (Å²) in [5, 5.41) is 2.15. The minimum absolute atomic E-state index is 0.199. The summed E-state index contributed by atoms with van der Waals surface area (Å²) in [7, 11) is 0. The zero-order chi connectivity index (χ0) is 16.5. The second-order valence-electron chi connectivity index (χ2n) is 7.09. The molecule has 1 saturated carbocycles. The monoisotopic (exact) mass is 340 g/mol. The number of carbonyl (C=O) groups excluding carboxylic acids is 1. The molecular formula is C20H24N2OS. The molecule has 1 saturated heterocycles. The largest absolute Gasteiger partial charge is 0.335 e. The predicted molar refractivity (Wildman–Crippen MR) is 97.1 cm³/mol. The van der Waals surface area contributed by atoms with E-state index in [1.807, 2.05) is 23.7 Å². The van der Waals surface area contributed by atoms with E-state index in [9.17, 15) is 4.79 Å². The Balaban J connectivity index is 1.54. The highest BCUT2D eigenvalue weighted by Crippen LogP contribution is 2.52. The lowest BCUT2D eigenvalue weighted by Crippen LogP contribution is -2.36. The lowest BCUT2D eigenvalue weighted by Gasteiger charge is -2.30. The first kappa shape index (κ1) is 15.8. The van der Waals surface area contributed by atoms with E-state index in [0.29, 0.717) is 11.8 Å². The van der Waals surface area contributed by atoms with Crippen molar-refractivity contribution in [3.8, 4) is 0 Å². The van der Waals surface area contributed by atoms with E-state index in [2.05, 4.69) is 40.4 Å². The molecule has 126 valence electrons. The molecule has 2 aromatic heterocycles. The first-order valence-corrected chi connectivity index (χ1v) is 9.88. The van der Waals surface area contributed by atoms with Gasteiger partial charge in [0, 0.05) is 35.7 Å². The Morgan fingerprint density at radius 3 is 2.79 bits per heavy atom. The highest BCUT2D eigenvalue weighted by atomic mass is 32.1. The lowest BCUT2D eigenvalue weighted by atomic mass is 10.0. The quantitative estimate of drug-likeness (QED) is 0.811. The van der Waals surface area contributed by atoms with E-state index in [4.69, 9.17) is 0 Å². The number of aromatic nitrogens is 1. The molecule has 0 aromatic carbocycles. The molecule has 0 spiro atoms. The maximum absolute atomic E-state index is 13.2. The van der Waals surface area contributed by atoms with Crippen molar-refractivity contribution in [1.82, 2.24) is 9.88 Å². The summed E-state index contributed by atoms with van der Waals surface area (Å²) in [4.78, 5) is 21.0. The minimum Gasteiger partial charge on any atom is -0.335 e. The predicted octanol–water partition coefficient (Wildman–Crippen LogP) is 4.70. The smallest absolute Gasteiger partial charge is 0.226 e. The van der Waals surface area contributed by atoms with Gasteiger partial charge >= 0.3 is 0 Å². The van der Waals surface area contributed by atoms with Gasteiger partial charge in [0.2, 0.25) is 5.91 Å². The number of hydrogen-bond acceptors (Lipinski definition) is 3. The minimum atomic E-state index is 0.199. The van der Waals surface area contributed by atoms with Crippen LogP contribution in [0.2, 0.25) is 0 Å². The molecule has 3 atom stereocenters. The molecule has 3 unspecified atom stereocenters. The number of thiophene rings is 1. The van der Waals surface area contributed by atoms with E-state index >= 15 is 0 Å². The second-order valence-corrected chi connectivity index (χ2v) is 8.04. The van der Waals surface area contributed by atoms with Gasteiger partial charge in [-0.25, -0.2) is 0 Å². The van der Waals surface area contributed by atoms with E-state index in [1.165, 1.54) is 28.8 Å². The topological polar surface area (TPSA) is 33.2 Å². The Labute approximate surface area is 147 Å². The van der Waals surface area contributed by atoms with Crippen LogP contribution in [-0.2, 0) is 4.79 Å². The van der Waals surface area contributed by atoms with Crippen molar-refractivity contribution >= 4 is 17.2 Å². The van der Waals surface area contributed by atoms with Crippen molar-refractivity contribution in [1.29, 1.82) is 0 Å². The van der Waals surface area contributed by atoms with Gasteiger partial charge in [0.05, 0.1) is 6.04 Å². The standard InChI is InChI=1S/C20H24N2OS/c1-14-8-12-24-19(14)16-13-17(16)20(23)22-11-4-2-3-5-18(22)15-6-9-21-10-7-15/h6-10,12,16-18H,2-5,11,13H2,1H3. The summed E-state index contributed by atoms with van der Waals surface area (Å²) in [5.41, 5.74) is 2.59. The van der Waals surface area contributed by atoms with Gasteiger partial charge in [0.15, 0.2) is 0 Å². The molecule has 1 aliphatic carbocycles. The van der Waals surface area contributed by atoms with Gasteiger partial charge in [-0.1, -0.05) is 12.8 Å². The molecule has 1 amide bonds. The normalized spacial score (nSPS) is 26.9. The third kappa shape index (κ3) is 3.00. The van der Waals surface area contributed by atoms with Crippen LogP contribution in [0, 0.1) is 12.8 Å². The number of rotatable bonds is 3. The van der Waals surface area contributed by atoms with Crippen molar-refractivity contribution in [3.05, 3.63) is 52.0 Å². The van der Waals surface area contributed by atoms with Crippen molar-refractivity contribution < 1.29 is 4.79 Å². The zero-order valence-electron chi connectivity index (χ0n) is 14.1. The summed E-state index contributed by atoms with van der Waals surface area (Å²) in [6, 6.07) is 6.55. The zero-order valence-corrected chi connectivity index (χ0v) is 15.0. The summed E-state index contributed by atoms with van der Waals surface area (Å²) >= 11 is 1.81. The lowest BCUT2D eigenvalue weighted by molar-refractivity contribution is -0.135. The second kappa shape index (κ2) is 6.67. The summed E-state index contributed by atoms with van der Waals surface area (Å²) in [6.45, 7) is 3.07. The van der Waals surface area contributed by atoms with Crippen LogP contribution < -0.4 is 0 Å². The van der Waals surface area contributed by atoms with Crippen LogP contribution in [0.1, 0.15) is 60.1 Å². The molecule has 3 heterocycles. The van der Waals surface area contributed by atoms with Gasteiger partial charge in [0.25, 0.3) is 0 Å². The molecule has 24 heavy (non-hydrogen) atoms. The Hall–Kier alpha value is -1.68. The first-order valence-electron chi connectivity index (χ1n) is 9.00. The fourth-order valence-electron chi connectivity index (χ4n) is 4.04. The van der Waals surface area contributed by atoms with Crippen LogP contribution in [0.4, 0.5) is 0 Å². The molecule has 3 nitrogen and oxygen atoms in total. The van der Waals surface area contributed by atoms with Gasteiger partial charge in [-0.05, 0) is 60.9 Å². The van der Waals surface area contributed by atoms with Gasteiger partial charge in [0.1, 0.15) is 0 Å². The third-order valence-electron chi connectivity index (χ3n) is 5.47. The molecule has 2 fully saturated rings. The van der Waals surface area contributed by atoms with Crippen LogP contribution in [-0.4, -0.2) is 22.3 Å². The molecule has 0 bridgehead atoms. The van der Waals surface area contributed by atoms with Crippen LogP contribution in [0.15, 0.2) is 36.0 Å².